The summed E-state index contributed by atoms with van der Waals surface area (Å²) in [4.78, 5) is 2.77. The minimum absolute atomic E-state index is 0.299. The molecule has 3 aromatic carbocycles. The van der Waals surface area contributed by atoms with E-state index in [1.165, 1.54) is 12.8 Å². The molecule has 1 fully saturated rings. The number of hydrogen-bond donors (Lipinski definition) is 1. The lowest BCUT2D eigenvalue weighted by Gasteiger charge is -2.17. The first-order valence-corrected chi connectivity index (χ1v) is 11.9. The Morgan fingerprint density at radius 2 is 1.53 bits per heavy atom. The molecule has 2 heterocycles. The zero-order valence-electron chi connectivity index (χ0n) is 16.8. The fraction of sp³-hybridized carbons (Fsp3) is 0.250. The van der Waals surface area contributed by atoms with Gasteiger partial charge in [-0.1, -0.05) is 48.5 Å². The summed E-state index contributed by atoms with van der Waals surface area (Å²) >= 11 is 0. The lowest BCUT2D eigenvalue weighted by Crippen LogP contribution is -2.24. The van der Waals surface area contributed by atoms with Gasteiger partial charge in [0.15, 0.2) is 0 Å². The van der Waals surface area contributed by atoms with Crippen LogP contribution in [-0.2, 0) is 16.6 Å². The van der Waals surface area contributed by atoms with Crippen LogP contribution in [0.4, 0.5) is 5.69 Å². The number of hydrogen-bond acceptors (Lipinski definition) is 3. The number of likely N-dealkylation sites (tertiary alicyclic amines) is 1. The molecular weight excluding hydrogens is 394 g/mol. The maximum Gasteiger partial charge on any atom is 0.262 e. The van der Waals surface area contributed by atoms with Crippen molar-refractivity contribution in [3.8, 4) is 0 Å². The normalized spacial score (nSPS) is 15.2. The van der Waals surface area contributed by atoms with Crippen LogP contribution in [0.5, 0.6) is 0 Å². The molecule has 0 saturated carbocycles. The molecule has 0 spiro atoms. The van der Waals surface area contributed by atoms with Gasteiger partial charge in [-0.2, -0.15) is 0 Å². The van der Waals surface area contributed by atoms with Gasteiger partial charge >= 0.3 is 0 Å². The molecule has 1 N–H and O–H groups in total. The first-order chi connectivity index (χ1) is 14.6. The Bertz CT molecular complexity index is 1300. The van der Waals surface area contributed by atoms with Gasteiger partial charge in [0.2, 0.25) is 0 Å². The summed E-state index contributed by atoms with van der Waals surface area (Å²) in [5.74, 6) is 0. The highest BCUT2D eigenvalue weighted by Gasteiger charge is 2.20. The summed E-state index contributed by atoms with van der Waals surface area (Å²) in [5.41, 5.74) is 1.55. The fourth-order valence-corrected chi connectivity index (χ4v) is 5.71. The zero-order chi connectivity index (χ0) is 20.6. The van der Waals surface area contributed by atoms with Crippen LogP contribution >= 0.6 is 0 Å². The minimum Gasteiger partial charge on any atom is -0.344 e. The van der Waals surface area contributed by atoms with Crippen LogP contribution in [0.25, 0.3) is 21.7 Å². The van der Waals surface area contributed by atoms with Crippen molar-refractivity contribution < 1.29 is 8.42 Å². The standard InChI is InChI=1S/C24H25N3O2S/c28-30(29,23-12-6-8-19-7-1-2-10-21(19)23)25-22-11-5-9-20-13-16-27(24(20)22)18-17-26-14-3-4-15-26/h1-2,5-13,16,25H,3-4,14-15,17-18H2. The van der Waals surface area contributed by atoms with Gasteiger partial charge in [-0.05, 0) is 49.5 Å². The quantitative estimate of drug-likeness (QED) is 0.493. The number of anilines is 1. The minimum atomic E-state index is -3.73. The Morgan fingerprint density at radius 3 is 2.40 bits per heavy atom. The number of fused-ring (bicyclic) bond motifs is 2. The van der Waals surface area contributed by atoms with Crippen LogP contribution in [0, 0.1) is 0 Å². The third-order valence-corrected chi connectivity index (χ3v) is 7.35. The van der Waals surface area contributed by atoms with E-state index in [9.17, 15) is 8.42 Å². The van der Waals surface area contributed by atoms with Crippen LogP contribution in [0.2, 0.25) is 0 Å². The van der Waals surface area contributed by atoms with Gasteiger partial charge < -0.3 is 9.47 Å². The van der Waals surface area contributed by atoms with E-state index >= 15 is 0 Å². The van der Waals surface area contributed by atoms with E-state index in [1.54, 1.807) is 12.1 Å². The second kappa shape index (κ2) is 7.78. The second-order valence-corrected chi connectivity index (χ2v) is 9.53. The topological polar surface area (TPSA) is 54.3 Å². The number of sulfonamides is 1. The van der Waals surface area contributed by atoms with Gasteiger partial charge in [0.05, 0.1) is 16.1 Å². The molecule has 0 bridgehead atoms. The van der Waals surface area contributed by atoms with Crippen molar-refractivity contribution >= 4 is 37.4 Å². The van der Waals surface area contributed by atoms with Gasteiger partial charge in [-0.25, -0.2) is 8.42 Å². The highest BCUT2D eigenvalue weighted by atomic mass is 32.2. The van der Waals surface area contributed by atoms with Crippen molar-refractivity contribution in [2.45, 2.75) is 24.3 Å². The van der Waals surface area contributed by atoms with Crippen LogP contribution in [0.15, 0.2) is 77.8 Å². The molecule has 1 aromatic heterocycles. The summed E-state index contributed by atoms with van der Waals surface area (Å²) in [6.07, 6.45) is 4.58. The predicted molar refractivity (Wildman–Crippen MR) is 122 cm³/mol. The molecule has 0 radical (unpaired) electrons. The van der Waals surface area contributed by atoms with Crippen LogP contribution < -0.4 is 4.72 Å². The molecule has 0 unspecified atom stereocenters. The maximum atomic E-state index is 13.3. The summed E-state index contributed by atoms with van der Waals surface area (Å²) < 4.78 is 31.7. The Morgan fingerprint density at radius 1 is 0.800 bits per heavy atom. The number of nitrogens with zero attached hydrogens (tertiary/aromatic N) is 2. The van der Waals surface area contributed by atoms with Crippen molar-refractivity contribution in [3.05, 3.63) is 72.9 Å². The average Bonchev–Trinajstić information content (AvgIpc) is 3.42. The number of nitrogens with one attached hydrogen (secondary N) is 1. The smallest absolute Gasteiger partial charge is 0.262 e. The van der Waals surface area contributed by atoms with Gasteiger partial charge in [0.25, 0.3) is 10.0 Å². The third-order valence-electron chi connectivity index (χ3n) is 5.93. The molecule has 5 nitrogen and oxygen atoms in total. The molecule has 1 aliphatic rings. The van der Waals surface area contributed by atoms with E-state index in [-0.39, 0.29) is 0 Å². The van der Waals surface area contributed by atoms with Crippen molar-refractivity contribution in [1.29, 1.82) is 0 Å². The molecule has 154 valence electrons. The SMILES string of the molecule is O=S(=O)(Nc1cccc2ccn(CCN3CCCC3)c12)c1cccc2ccccc12. The van der Waals surface area contributed by atoms with E-state index in [2.05, 4.69) is 26.5 Å². The van der Waals surface area contributed by atoms with Crippen molar-refractivity contribution in [2.24, 2.45) is 0 Å². The van der Waals surface area contributed by atoms with E-state index in [4.69, 9.17) is 0 Å². The van der Waals surface area contributed by atoms with Gasteiger partial charge in [-0.3, -0.25) is 4.72 Å². The van der Waals surface area contributed by atoms with Crippen LogP contribution in [0.1, 0.15) is 12.8 Å². The first kappa shape index (κ1) is 19.2. The molecule has 1 saturated heterocycles. The highest BCUT2D eigenvalue weighted by molar-refractivity contribution is 7.93. The lowest BCUT2D eigenvalue weighted by atomic mass is 10.1. The molecule has 1 aliphatic heterocycles. The zero-order valence-corrected chi connectivity index (χ0v) is 17.6. The number of para-hydroxylation sites is 1. The Labute approximate surface area is 177 Å². The van der Waals surface area contributed by atoms with Gasteiger partial charge in [0.1, 0.15) is 0 Å². The van der Waals surface area contributed by atoms with E-state index in [0.717, 1.165) is 47.9 Å². The first-order valence-electron chi connectivity index (χ1n) is 10.4. The average molecular weight is 420 g/mol. The summed E-state index contributed by atoms with van der Waals surface area (Å²) in [6.45, 7) is 4.13. The van der Waals surface area contributed by atoms with Gasteiger partial charge in [-0.15, -0.1) is 0 Å². The fourth-order valence-electron chi connectivity index (χ4n) is 4.42. The largest absolute Gasteiger partial charge is 0.344 e. The predicted octanol–water partition coefficient (Wildman–Crippen LogP) is 4.69. The summed E-state index contributed by atoms with van der Waals surface area (Å²) in [5, 5.41) is 2.67. The van der Waals surface area contributed by atoms with Crippen LogP contribution in [-0.4, -0.2) is 37.5 Å². The Hall–Kier alpha value is -2.83. The monoisotopic (exact) mass is 419 g/mol. The maximum absolute atomic E-state index is 13.3. The summed E-state index contributed by atoms with van der Waals surface area (Å²) in [6, 6.07) is 20.8. The number of aromatic nitrogens is 1. The highest BCUT2D eigenvalue weighted by Crippen LogP contribution is 2.29. The molecule has 6 heteroatoms. The van der Waals surface area contributed by atoms with Crippen molar-refractivity contribution in [3.63, 3.8) is 0 Å². The molecule has 0 aliphatic carbocycles. The molecular formula is C24H25N3O2S. The lowest BCUT2D eigenvalue weighted by molar-refractivity contribution is 0.324. The molecule has 5 rings (SSSR count). The second-order valence-electron chi connectivity index (χ2n) is 7.88. The van der Waals surface area contributed by atoms with Gasteiger partial charge in [0, 0.05) is 30.1 Å². The summed E-state index contributed by atoms with van der Waals surface area (Å²) in [7, 11) is -3.73. The van der Waals surface area contributed by atoms with Crippen LogP contribution in [0.3, 0.4) is 0 Å². The molecule has 4 aromatic rings. The number of rotatable bonds is 6. The van der Waals surface area contributed by atoms with E-state index in [0.29, 0.717) is 10.6 Å². The third kappa shape index (κ3) is 3.57. The molecule has 30 heavy (non-hydrogen) atoms. The van der Waals surface area contributed by atoms with Crippen molar-refractivity contribution in [2.75, 3.05) is 24.4 Å². The number of benzene rings is 3. The molecule has 0 amide bonds. The van der Waals surface area contributed by atoms with Crippen molar-refractivity contribution in [1.82, 2.24) is 9.47 Å². The Kier molecular flexibility index (Phi) is 4.97. The molecule has 0 atom stereocenters. The Balaban J connectivity index is 1.50. The van der Waals surface area contributed by atoms with E-state index < -0.39 is 10.0 Å². The van der Waals surface area contributed by atoms with E-state index in [1.807, 2.05) is 48.5 Å².